The summed E-state index contributed by atoms with van der Waals surface area (Å²) in [5.41, 5.74) is 0.298. The van der Waals surface area contributed by atoms with Crippen LogP contribution in [0.5, 0.6) is 0 Å². The number of halogens is 3. The first-order valence-electron chi connectivity index (χ1n) is 11.9. The van der Waals surface area contributed by atoms with Gasteiger partial charge < -0.3 is 19.4 Å². The molecule has 1 aromatic heterocycles. The first-order chi connectivity index (χ1) is 17.4. The van der Waals surface area contributed by atoms with Gasteiger partial charge in [0.1, 0.15) is 5.60 Å². The Bertz CT molecular complexity index is 1240. The van der Waals surface area contributed by atoms with Gasteiger partial charge in [-0.1, -0.05) is 30.3 Å². The van der Waals surface area contributed by atoms with Crippen molar-refractivity contribution in [3.05, 3.63) is 71.6 Å². The molecular formula is C27H28F3N3O4. The molecule has 2 heterocycles. The van der Waals surface area contributed by atoms with Crippen LogP contribution in [0.25, 0.3) is 11.5 Å². The number of anilines is 1. The minimum atomic E-state index is -4.88. The number of oxazole rings is 1. The quantitative estimate of drug-likeness (QED) is 0.417. The highest BCUT2D eigenvalue weighted by molar-refractivity contribution is 6.04. The molecule has 0 atom stereocenters. The third-order valence-electron chi connectivity index (χ3n) is 5.91. The number of hydrogen-bond donors (Lipinski definition) is 1. The van der Waals surface area contributed by atoms with Crippen molar-refractivity contribution in [2.24, 2.45) is 0 Å². The molecular weight excluding hydrogens is 487 g/mol. The van der Waals surface area contributed by atoms with Crippen LogP contribution in [-0.4, -0.2) is 40.6 Å². The smallest absolute Gasteiger partial charge is 0.444 e. The Labute approximate surface area is 212 Å². The van der Waals surface area contributed by atoms with E-state index in [4.69, 9.17) is 9.15 Å². The van der Waals surface area contributed by atoms with E-state index in [-0.39, 0.29) is 17.9 Å². The van der Waals surface area contributed by atoms with E-state index in [2.05, 4.69) is 10.3 Å². The number of ether oxygens (including phenoxy) is 1. The highest BCUT2D eigenvalue weighted by Gasteiger charge is 2.42. The Morgan fingerprint density at radius 2 is 1.62 bits per heavy atom. The van der Waals surface area contributed by atoms with E-state index in [0.29, 0.717) is 24.3 Å². The molecule has 1 aliphatic rings. The summed E-state index contributed by atoms with van der Waals surface area (Å²) in [6, 6.07) is 15.0. The first kappa shape index (κ1) is 26.2. The Hall–Kier alpha value is -3.82. The minimum absolute atomic E-state index is 0.212. The van der Waals surface area contributed by atoms with Gasteiger partial charge in [0.15, 0.2) is 5.69 Å². The number of aromatic nitrogens is 1. The number of rotatable bonds is 4. The van der Waals surface area contributed by atoms with Crippen LogP contribution >= 0.6 is 0 Å². The van der Waals surface area contributed by atoms with Crippen molar-refractivity contribution < 1.29 is 31.9 Å². The highest BCUT2D eigenvalue weighted by atomic mass is 19.4. The maximum atomic E-state index is 13.5. The van der Waals surface area contributed by atoms with E-state index in [1.165, 1.54) is 0 Å². The van der Waals surface area contributed by atoms with Crippen molar-refractivity contribution in [3.8, 4) is 11.5 Å². The lowest BCUT2D eigenvalue weighted by Crippen LogP contribution is -2.41. The first-order valence-corrected chi connectivity index (χ1v) is 11.9. The van der Waals surface area contributed by atoms with E-state index < -0.39 is 29.1 Å². The standard InChI is InChI=1S/C27H28F3N3O4/c1-26(2,3)37-25(35)33-15-13-18(14-16-33)17-9-11-20(12-10-17)31-23(34)21-22(27(28,29)30)36-24(32-21)19-7-5-4-6-8-19/h4-12,18H,13-16H2,1-3H3,(H,31,34). The predicted octanol–water partition coefficient (Wildman–Crippen LogP) is 6.73. The van der Waals surface area contributed by atoms with Crippen LogP contribution in [0.2, 0.25) is 0 Å². The number of piperidine rings is 1. The summed E-state index contributed by atoms with van der Waals surface area (Å²) in [5, 5.41) is 2.48. The molecule has 2 aromatic carbocycles. The molecule has 37 heavy (non-hydrogen) atoms. The summed E-state index contributed by atoms with van der Waals surface area (Å²) in [6.07, 6.45) is -3.71. The maximum Gasteiger partial charge on any atom is 0.452 e. The molecule has 7 nitrogen and oxygen atoms in total. The molecule has 0 bridgehead atoms. The molecule has 1 aliphatic heterocycles. The van der Waals surface area contributed by atoms with Crippen molar-refractivity contribution in [3.63, 3.8) is 0 Å². The summed E-state index contributed by atoms with van der Waals surface area (Å²) < 4.78 is 51.0. The number of amides is 2. The van der Waals surface area contributed by atoms with Crippen LogP contribution in [0.3, 0.4) is 0 Å². The highest BCUT2D eigenvalue weighted by Crippen LogP contribution is 2.36. The van der Waals surface area contributed by atoms with Crippen LogP contribution in [0, 0.1) is 0 Å². The zero-order chi connectivity index (χ0) is 26.8. The molecule has 2 amide bonds. The van der Waals surface area contributed by atoms with Gasteiger partial charge in [-0.05, 0) is 69.4 Å². The van der Waals surface area contributed by atoms with Gasteiger partial charge in [0.25, 0.3) is 5.91 Å². The summed E-state index contributed by atoms with van der Waals surface area (Å²) >= 11 is 0. The van der Waals surface area contributed by atoms with Crippen molar-refractivity contribution >= 4 is 17.7 Å². The summed E-state index contributed by atoms with van der Waals surface area (Å²) in [6.45, 7) is 6.61. The molecule has 0 aliphatic carbocycles. The second-order valence-electron chi connectivity index (χ2n) is 9.88. The van der Waals surface area contributed by atoms with E-state index in [0.717, 1.165) is 18.4 Å². The zero-order valence-corrected chi connectivity index (χ0v) is 20.8. The molecule has 1 N–H and O–H groups in total. The molecule has 196 valence electrons. The number of likely N-dealkylation sites (tertiary alicyclic amines) is 1. The van der Waals surface area contributed by atoms with Crippen molar-refractivity contribution in [2.75, 3.05) is 18.4 Å². The van der Waals surface area contributed by atoms with Gasteiger partial charge in [0.05, 0.1) is 0 Å². The molecule has 0 spiro atoms. The van der Waals surface area contributed by atoms with Crippen LogP contribution in [-0.2, 0) is 10.9 Å². The predicted molar refractivity (Wildman–Crippen MR) is 131 cm³/mol. The fourth-order valence-electron chi connectivity index (χ4n) is 4.12. The fourth-order valence-corrected chi connectivity index (χ4v) is 4.12. The van der Waals surface area contributed by atoms with Crippen LogP contribution in [0.4, 0.5) is 23.7 Å². The molecule has 0 saturated carbocycles. The van der Waals surface area contributed by atoms with Crippen molar-refractivity contribution in [1.82, 2.24) is 9.88 Å². The molecule has 0 unspecified atom stereocenters. The normalized spacial score (nSPS) is 14.9. The number of alkyl halides is 3. The number of benzene rings is 2. The van der Waals surface area contributed by atoms with Gasteiger partial charge in [-0.15, -0.1) is 0 Å². The zero-order valence-electron chi connectivity index (χ0n) is 20.8. The van der Waals surface area contributed by atoms with Gasteiger partial charge in [-0.25, -0.2) is 9.78 Å². The summed E-state index contributed by atoms with van der Waals surface area (Å²) in [7, 11) is 0. The van der Waals surface area contributed by atoms with Gasteiger partial charge in [-0.3, -0.25) is 4.79 Å². The van der Waals surface area contributed by atoms with E-state index in [1.807, 2.05) is 32.9 Å². The molecule has 10 heteroatoms. The lowest BCUT2D eigenvalue weighted by Gasteiger charge is -2.33. The lowest BCUT2D eigenvalue weighted by atomic mass is 9.89. The Morgan fingerprint density at radius 3 is 2.19 bits per heavy atom. The molecule has 1 saturated heterocycles. The molecule has 0 radical (unpaired) electrons. The van der Waals surface area contributed by atoms with E-state index >= 15 is 0 Å². The van der Waals surface area contributed by atoms with Crippen LogP contribution < -0.4 is 5.32 Å². The minimum Gasteiger partial charge on any atom is -0.444 e. The summed E-state index contributed by atoms with van der Waals surface area (Å²) in [5.74, 6) is -2.54. The number of carbonyl (C=O) groups is 2. The number of carbonyl (C=O) groups excluding carboxylic acids is 2. The number of nitrogens with one attached hydrogen (secondary N) is 1. The van der Waals surface area contributed by atoms with Crippen LogP contribution in [0.1, 0.15) is 61.3 Å². The van der Waals surface area contributed by atoms with E-state index in [9.17, 15) is 22.8 Å². The largest absolute Gasteiger partial charge is 0.452 e. The molecule has 1 fully saturated rings. The Kier molecular flexibility index (Phi) is 7.29. The lowest BCUT2D eigenvalue weighted by molar-refractivity contribution is -0.153. The second kappa shape index (κ2) is 10.3. The monoisotopic (exact) mass is 515 g/mol. The van der Waals surface area contributed by atoms with Crippen molar-refractivity contribution in [1.29, 1.82) is 0 Å². The van der Waals surface area contributed by atoms with Gasteiger partial charge in [0.2, 0.25) is 11.7 Å². The van der Waals surface area contributed by atoms with Crippen molar-refractivity contribution in [2.45, 2.75) is 51.3 Å². The Morgan fingerprint density at radius 1 is 1.00 bits per heavy atom. The second-order valence-corrected chi connectivity index (χ2v) is 9.88. The summed E-state index contributed by atoms with van der Waals surface area (Å²) in [4.78, 5) is 30.5. The fraction of sp³-hybridized carbons (Fsp3) is 0.370. The maximum absolute atomic E-state index is 13.5. The van der Waals surface area contributed by atoms with Gasteiger partial charge in [0, 0.05) is 24.3 Å². The van der Waals surface area contributed by atoms with Gasteiger partial charge in [-0.2, -0.15) is 13.2 Å². The number of hydrogen-bond acceptors (Lipinski definition) is 5. The topological polar surface area (TPSA) is 84.7 Å². The Balaban J connectivity index is 1.42. The average Bonchev–Trinajstić information content (AvgIpc) is 3.31. The third-order valence-corrected chi connectivity index (χ3v) is 5.91. The third kappa shape index (κ3) is 6.49. The number of nitrogens with zero attached hydrogens (tertiary/aromatic N) is 2. The van der Waals surface area contributed by atoms with E-state index in [1.54, 1.807) is 47.4 Å². The van der Waals surface area contributed by atoms with Gasteiger partial charge >= 0.3 is 12.3 Å². The molecule has 4 rings (SSSR count). The van der Waals surface area contributed by atoms with Crippen LogP contribution in [0.15, 0.2) is 59.0 Å². The SMILES string of the molecule is CC(C)(C)OC(=O)N1CCC(c2ccc(NC(=O)c3nc(-c4ccccc4)oc3C(F)(F)F)cc2)CC1. The molecule has 3 aromatic rings. The average molecular weight is 516 g/mol.